The summed E-state index contributed by atoms with van der Waals surface area (Å²) in [6.45, 7) is 1.56. The highest BCUT2D eigenvalue weighted by Crippen LogP contribution is 2.23. The number of sulfonamides is 1. The number of halogens is 4. The largest absolute Gasteiger partial charge is 0.415 e. The highest BCUT2D eigenvalue weighted by atomic mass is 35.5. The van der Waals surface area contributed by atoms with E-state index in [4.69, 9.17) is 4.42 Å². The van der Waals surface area contributed by atoms with E-state index in [1.807, 2.05) is 0 Å². The lowest BCUT2D eigenvalue weighted by atomic mass is 10.1. The molecule has 27 heavy (non-hydrogen) atoms. The summed E-state index contributed by atoms with van der Waals surface area (Å²) >= 11 is 0. The summed E-state index contributed by atoms with van der Waals surface area (Å²) in [4.78, 5) is 0. The van der Waals surface area contributed by atoms with E-state index in [2.05, 4.69) is 20.2 Å². The van der Waals surface area contributed by atoms with Gasteiger partial charge in [-0.15, -0.1) is 35.0 Å². The molecule has 2 N–H and O–H groups in total. The monoisotopic (exact) mass is 444 g/mol. The van der Waals surface area contributed by atoms with Crippen LogP contribution in [-0.4, -0.2) is 37.0 Å². The zero-order valence-corrected chi connectivity index (χ0v) is 16.5. The molecule has 1 fully saturated rings. The lowest BCUT2D eigenvalue weighted by Gasteiger charge is -2.22. The van der Waals surface area contributed by atoms with Gasteiger partial charge >= 0.3 is 6.43 Å². The molecule has 1 aromatic heterocycles. The van der Waals surface area contributed by atoms with Crippen LogP contribution in [0.25, 0.3) is 11.5 Å². The molecule has 0 radical (unpaired) electrons. The molecule has 1 aliphatic heterocycles. The Kier molecular flexibility index (Phi) is 9.03. The fourth-order valence-corrected chi connectivity index (χ4v) is 4.07. The number of piperidine rings is 1. The summed E-state index contributed by atoms with van der Waals surface area (Å²) < 4.78 is 57.0. The molecule has 0 aliphatic carbocycles. The predicted molar refractivity (Wildman–Crippen MR) is 101 cm³/mol. The van der Waals surface area contributed by atoms with Crippen molar-refractivity contribution in [2.45, 2.75) is 31.1 Å². The maximum atomic E-state index is 12.5. The molecule has 1 aliphatic rings. The van der Waals surface area contributed by atoms with Gasteiger partial charge in [-0.25, -0.2) is 13.1 Å². The molecular weight excluding hydrogens is 425 g/mol. The van der Waals surface area contributed by atoms with Gasteiger partial charge in [-0.3, -0.25) is 0 Å². The minimum absolute atomic E-state index is 0. The maximum Gasteiger partial charge on any atom is 0.314 e. The Bertz CT molecular complexity index is 813. The molecule has 2 aromatic rings. The van der Waals surface area contributed by atoms with Crippen molar-refractivity contribution in [3.8, 4) is 11.5 Å². The third-order valence-electron chi connectivity index (χ3n) is 4.03. The van der Waals surface area contributed by atoms with Crippen LogP contribution in [0.5, 0.6) is 0 Å². The number of aromatic nitrogens is 2. The lowest BCUT2D eigenvalue weighted by molar-refractivity contribution is 0.116. The van der Waals surface area contributed by atoms with Gasteiger partial charge in [-0.2, -0.15) is 8.78 Å². The molecule has 1 saturated heterocycles. The fraction of sp³-hybridized carbons (Fsp3) is 0.467. The SMILES string of the molecule is Cl.Cl.O=S(=O)(NCc1ccc(-c2nnc(C(F)F)o2)cc1)C1CCNCC1. The van der Waals surface area contributed by atoms with E-state index in [9.17, 15) is 17.2 Å². The zero-order valence-electron chi connectivity index (χ0n) is 14.1. The first-order valence-corrected chi connectivity index (χ1v) is 9.40. The van der Waals surface area contributed by atoms with E-state index >= 15 is 0 Å². The van der Waals surface area contributed by atoms with Crippen LogP contribution in [-0.2, 0) is 16.6 Å². The summed E-state index contributed by atoms with van der Waals surface area (Å²) in [5, 5.41) is 9.60. The minimum Gasteiger partial charge on any atom is -0.415 e. The molecule has 0 unspecified atom stereocenters. The second-order valence-electron chi connectivity index (χ2n) is 5.76. The van der Waals surface area contributed by atoms with Crippen LogP contribution in [0.2, 0.25) is 0 Å². The highest BCUT2D eigenvalue weighted by Gasteiger charge is 2.26. The Morgan fingerprint density at radius 3 is 2.33 bits per heavy atom. The number of nitrogens with zero attached hydrogens (tertiary/aromatic N) is 2. The normalized spacial score (nSPS) is 15.2. The summed E-state index contributed by atoms with van der Waals surface area (Å²) in [6, 6.07) is 6.62. The van der Waals surface area contributed by atoms with Gasteiger partial charge in [0.05, 0.1) is 5.25 Å². The van der Waals surface area contributed by atoms with Crippen molar-refractivity contribution in [3.05, 3.63) is 35.7 Å². The van der Waals surface area contributed by atoms with Gasteiger partial charge in [0.15, 0.2) is 0 Å². The summed E-state index contributed by atoms with van der Waals surface area (Å²) in [5.41, 5.74) is 1.24. The van der Waals surface area contributed by atoms with Crippen molar-refractivity contribution in [1.29, 1.82) is 0 Å². The highest BCUT2D eigenvalue weighted by molar-refractivity contribution is 7.90. The average Bonchev–Trinajstić information content (AvgIpc) is 3.12. The van der Waals surface area contributed by atoms with Gasteiger partial charge in [0.2, 0.25) is 15.9 Å². The number of nitrogens with one attached hydrogen (secondary N) is 2. The lowest BCUT2D eigenvalue weighted by Crippen LogP contribution is -2.41. The van der Waals surface area contributed by atoms with E-state index in [-0.39, 0.29) is 42.5 Å². The molecule has 0 spiro atoms. The van der Waals surface area contributed by atoms with Crippen LogP contribution < -0.4 is 10.0 Å². The van der Waals surface area contributed by atoms with Crippen LogP contribution in [0.1, 0.15) is 30.7 Å². The third-order valence-corrected chi connectivity index (χ3v) is 5.93. The van der Waals surface area contributed by atoms with E-state index < -0.39 is 22.3 Å². The van der Waals surface area contributed by atoms with Crippen LogP contribution >= 0.6 is 24.8 Å². The van der Waals surface area contributed by atoms with Gasteiger partial charge in [0.1, 0.15) is 0 Å². The topological polar surface area (TPSA) is 97.1 Å². The molecule has 0 saturated carbocycles. The van der Waals surface area contributed by atoms with Gasteiger partial charge in [0.25, 0.3) is 5.89 Å². The van der Waals surface area contributed by atoms with E-state index in [1.165, 1.54) is 0 Å². The predicted octanol–water partition coefficient (Wildman–Crippen LogP) is 2.69. The van der Waals surface area contributed by atoms with Gasteiger partial charge in [-0.1, -0.05) is 12.1 Å². The first kappa shape index (κ1) is 23.7. The molecule has 0 amide bonds. The molecule has 152 valence electrons. The maximum absolute atomic E-state index is 12.5. The quantitative estimate of drug-likeness (QED) is 0.710. The summed E-state index contributed by atoms with van der Waals surface area (Å²) in [5.74, 6) is -0.731. The van der Waals surface area contributed by atoms with Crippen molar-refractivity contribution in [3.63, 3.8) is 0 Å². The van der Waals surface area contributed by atoms with E-state index in [1.54, 1.807) is 24.3 Å². The zero-order chi connectivity index (χ0) is 17.9. The Balaban J connectivity index is 0.00000182. The molecule has 0 bridgehead atoms. The molecule has 3 rings (SSSR count). The molecule has 1 aromatic carbocycles. The Hall–Kier alpha value is -1.33. The van der Waals surface area contributed by atoms with Gasteiger partial charge < -0.3 is 9.73 Å². The van der Waals surface area contributed by atoms with Crippen LogP contribution in [0.15, 0.2) is 28.7 Å². The first-order valence-electron chi connectivity index (χ1n) is 7.86. The van der Waals surface area contributed by atoms with Crippen molar-refractivity contribution in [1.82, 2.24) is 20.2 Å². The Morgan fingerprint density at radius 2 is 1.78 bits per heavy atom. The van der Waals surface area contributed by atoms with Crippen molar-refractivity contribution in [2.75, 3.05) is 13.1 Å². The molecular formula is C15H20Cl2F2N4O3S. The summed E-state index contributed by atoms with van der Waals surface area (Å²) in [7, 11) is -3.36. The average molecular weight is 445 g/mol. The Labute approximate surface area is 168 Å². The number of hydrogen-bond donors (Lipinski definition) is 2. The van der Waals surface area contributed by atoms with E-state index in [0.717, 1.165) is 5.56 Å². The standard InChI is InChI=1S/C15H18F2N4O3S.2ClH/c16-13(17)15-21-20-14(24-15)11-3-1-10(2-4-11)9-19-25(22,23)12-5-7-18-8-6-12;;/h1-4,12-13,18-19H,5-9H2;2*1H. The number of hydrogen-bond acceptors (Lipinski definition) is 6. The fourth-order valence-electron chi connectivity index (χ4n) is 2.61. The minimum atomic E-state index is -3.36. The van der Waals surface area contributed by atoms with Gasteiger partial charge in [-0.05, 0) is 43.6 Å². The van der Waals surface area contributed by atoms with E-state index in [0.29, 0.717) is 31.5 Å². The van der Waals surface area contributed by atoms with Crippen LogP contribution in [0.3, 0.4) is 0 Å². The van der Waals surface area contributed by atoms with Crippen LogP contribution in [0.4, 0.5) is 8.78 Å². The van der Waals surface area contributed by atoms with Crippen LogP contribution in [0, 0.1) is 0 Å². The molecule has 2 heterocycles. The van der Waals surface area contributed by atoms with Crippen molar-refractivity contribution in [2.24, 2.45) is 0 Å². The first-order chi connectivity index (χ1) is 12.0. The molecule has 0 atom stereocenters. The molecule has 12 heteroatoms. The number of benzene rings is 1. The van der Waals surface area contributed by atoms with Crippen molar-refractivity contribution >= 4 is 34.8 Å². The number of alkyl halides is 2. The number of rotatable bonds is 6. The molecule has 7 nitrogen and oxygen atoms in total. The second-order valence-corrected chi connectivity index (χ2v) is 7.80. The van der Waals surface area contributed by atoms with Crippen molar-refractivity contribution < 1.29 is 21.6 Å². The Morgan fingerprint density at radius 1 is 1.15 bits per heavy atom. The van der Waals surface area contributed by atoms with Gasteiger partial charge in [0, 0.05) is 12.1 Å². The third kappa shape index (κ3) is 6.08. The second kappa shape index (κ2) is 10.3. The smallest absolute Gasteiger partial charge is 0.314 e. The summed E-state index contributed by atoms with van der Waals surface area (Å²) in [6.07, 6.45) is -1.62.